The highest BCUT2D eigenvalue weighted by Crippen LogP contribution is 2.29. The molecule has 0 aliphatic rings. The molecule has 2 unspecified atom stereocenters. The number of hydrogen-bond donors (Lipinski definition) is 1. The zero-order chi connectivity index (χ0) is 18.3. The summed E-state index contributed by atoms with van der Waals surface area (Å²) < 4.78 is 6.54. The molecule has 0 saturated heterocycles. The number of halogens is 1. The van der Waals surface area contributed by atoms with Crippen LogP contribution in [0.2, 0.25) is 0 Å². The van der Waals surface area contributed by atoms with Gasteiger partial charge in [-0.2, -0.15) is 0 Å². The number of rotatable bonds is 13. The minimum atomic E-state index is -0.393. The van der Waals surface area contributed by atoms with E-state index in [4.69, 9.17) is 22.1 Å². The second-order valence-corrected chi connectivity index (χ2v) is 5.83. The smallest absolute Gasteiger partial charge is 0.118 e. The minimum Gasteiger partial charge on any atom is -0.357 e. The molecule has 0 aliphatic carbocycles. The van der Waals surface area contributed by atoms with Crippen molar-refractivity contribution in [3.05, 3.63) is 48.7 Å². The maximum Gasteiger partial charge on any atom is 0.118 e. The third-order valence-corrected chi connectivity index (χ3v) is 3.68. The summed E-state index contributed by atoms with van der Waals surface area (Å²) >= 11 is 5.92. The first kappa shape index (κ1) is 22.8. The van der Waals surface area contributed by atoms with Gasteiger partial charge in [0.1, 0.15) is 6.10 Å². The molecule has 0 heterocycles. The van der Waals surface area contributed by atoms with Crippen LogP contribution in [0.3, 0.4) is 0 Å². The summed E-state index contributed by atoms with van der Waals surface area (Å²) in [6, 6.07) is 0. The fraction of sp³-hybridized carbons (Fsp3) is 0.550. The van der Waals surface area contributed by atoms with Gasteiger partial charge in [0.15, 0.2) is 0 Å². The number of nitrogens with zero attached hydrogens (tertiary/aromatic N) is 1. The van der Waals surface area contributed by atoms with Crippen molar-refractivity contribution in [2.45, 2.75) is 58.2 Å². The molecule has 0 aromatic carbocycles. The van der Waals surface area contributed by atoms with Crippen LogP contribution in [0.25, 0.3) is 0 Å². The lowest BCUT2D eigenvalue weighted by Crippen LogP contribution is -2.37. The maximum absolute atomic E-state index is 6.54. The highest BCUT2D eigenvalue weighted by molar-refractivity contribution is 6.18. The van der Waals surface area contributed by atoms with E-state index in [0.29, 0.717) is 12.4 Å². The molecule has 0 rings (SSSR count). The Bertz CT molecular complexity index is 447. The molecule has 0 spiro atoms. The molecule has 0 fully saturated rings. The highest BCUT2D eigenvalue weighted by Gasteiger charge is 2.30. The summed E-state index contributed by atoms with van der Waals surface area (Å²) in [6.07, 6.45) is 16.8. The Balaban J connectivity index is 5.75. The second-order valence-electron chi connectivity index (χ2n) is 5.53. The van der Waals surface area contributed by atoms with Crippen LogP contribution in [0.1, 0.15) is 46.5 Å². The zero-order valence-electron chi connectivity index (χ0n) is 15.4. The van der Waals surface area contributed by atoms with Crippen molar-refractivity contribution in [2.24, 2.45) is 10.7 Å². The molecule has 2 N–H and O–H groups in total. The maximum atomic E-state index is 6.54. The first-order valence-corrected chi connectivity index (χ1v) is 9.25. The Kier molecular flexibility index (Phi) is 13.5. The van der Waals surface area contributed by atoms with Crippen molar-refractivity contribution in [1.82, 2.24) is 0 Å². The van der Waals surface area contributed by atoms with Gasteiger partial charge in [0.05, 0.1) is 11.3 Å². The summed E-state index contributed by atoms with van der Waals surface area (Å²) in [7, 11) is 0. The molecule has 0 aromatic rings. The minimum absolute atomic E-state index is 0.269. The fourth-order valence-corrected chi connectivity index (χ4v) is 2.75. The quantitative estimate of drug-likeness (QED) is 0.282. The fourth-order valence-electron chi connectivity index (χ4n) is 2.59. The van der Waals surface area contributed by atoms with Crippen molar-refractivity contribution < 1.29 is 4.74 Å². The third-order valence-electron chi connectivity index (χ3n) is 3.53. The van der Waals surface area contributed by atoms with Crippen LogP contribution in [0.4, 0.5) is 0 Å². The normalized spacial score (nSPS) is 17.0. The van der Waals surface area contributed by atoms with Gasteiger partial charge >= 0.3 is 0 Å². The van der Waals surface area contributed by atoms with E-state index in [-0.39, 0.29) is 6.10 Å². The lowest BCUT2D eigenvalue weighted by molar-refractivity contribution is -0.0382. The van der Waals surface area contributed by atoms with Crippen LogP contribution in [0, 0.1) is 0 Å². The van der Waals surface area contributed by atoms with Crippen molar-refractivity contribution >= 4 is 17.8 Å². The number of aliphatic imine (C=N–C) groups is 1. The Hall–Kier alpha value is -1.16. The largest absolute Gasteiger partial charge is 0.357 e. The second kappa shape index (κ2) is 14.2. The Morgan fingerprint density at radius 2 is 2.12 bits per heavy atom. The van der Waals surface area contributed by atoms with Gasteiger partial charge in [-0.25, -0.2) is 0 Å². The van der Waals surface area contributed by atoms with Gasteiger partial charge in [0, 0.05) is 12.1 Å². The molecule has 0 aromatic heterocycles. The summed E-state index contributed by atoms with van der Waals surface area (Å²) in [5.41, 5.74) is 6.25. The monoisotopic (exact) mass is 352 g/mol. The van der Waals surface area contributed by atoms with Crippen LogP contribution >= 0.6 is 11.6 Å². The van der Waals surface area contributed by atoms with Crippen molar-refractivity contribution in [1.29, 1.82) is 0 Å². The van der Waals surface area contributed by atoms with Gasteiger partial charge in [-0.3, -0.25) is 4.99 Å². The van der Waals surface area contributed by atoms with E-state index in [1.165, 1.54) is 0 Å². The standard InChI is InChI=1S/C20H33ClN2O/c1-5-9-10-19(18(11-15-21)23-17-8-4)24-20(12-6-2,13-7-3)14-16-22/h6,8-12,17,19H,4-5,7,13-16,22H2,1-3H3/b10-9+,12-6+,18-11-,23-17?. The lowest BCUT2D eigenvalue weighted by atomic mass is 9.92. The van der Waals surface area contributed by atoms with E-state index in [1.54, 1.807) is 12.3 Å². The predicted molar refractivity (Wildman–Crippen MR) is 108 cm³/mol. The average molecular weight is 353 g/mol. The molecular formula is C20H33ClN2O. The lowest BCUT2D eigenvalue weighted by Gasteiger charge is -2.34. The number of alkyl halides is 1. The third kappa shape index (κ3) is 8.62. The molecule has 24 heavy (non-hydrogen) atoms. The molecule has 4 heteroatoms. The Labute approximate surface area is 153 Å². The number of allylic oxidation sites excluding steroid dienone is 4. The van der Waals surface area contributed by atoms with Gasteiger partial charge in [0.25, 0.3) is 0 Å². The van der Waals surface area contributed by atoms with E-state index in [9.17, 15) is 0 Å². The van der Waals surface area contributed by atoms with Crippen molar-refractivity contribution in [3.8, 4) is 0 Å². The van der Waals surface area contributed by atoms with Gasteiger partial charge < -0.3 is 10.5 Å². The van der Waals surface area contributed by atoms with Crippen LogP contribution < -0.4 is 5.73 Å². The molecule has 0 amide bonds. The van der Waals surface area contributed by atoms with Crippen LogP contribution in [0.5, 0.6) is 0 Å². The summed E-state index contributed by atoms with van der Waals surface area (Å²) in [4.78, 5) is 4.45. The van der Waals surface area contributed by atoms with Gasteiger partial charge in [-0.1, -0.05) is 57.2 Å². The first-order valence-electron chi connectivity index (χ1n) is 8.72. The first-order chi connectivity index (χ1) is 11.6. The predicted octanol–water partition coefficient (Wildman–Crippen LogP) is 5.18. The van der Waals surface area contributed by atoms with Crippen molar-refractivity contribution in [2.75, 3.05) is 12.4 Å². The van der Waals surface area contributed by atoms with Gasteiger partial charge in [-0.05, 0) is 38.8 Å². The topological polar surface area (TPSA) is 47.6 Å². The Morgan fingerprint density at radius 3 is 2.62 bits per heavy atom. The van der Waals surface area contributed by atoms with Gasteiger partial charge in [-0.15, -0.1) is 11.6 Å². The summed E-state index contributed by atoms with van der Waals surface area (Å²) in [5, 5.41) is 0. The van der Waals surface area contributed by atoms with Gasteiger partial charge in [0.2, 0.25) is 0 Å². The molecule has 0 aliphatic heterocycles. The molecule has 0 radical (unpaired) electrons. The molecule has 0 bridgehead atoms. The van der Waals surface area contributed by atoms with Crippen LogP contribution in [-0.2, 0) is 4.74 Å². The number of hydrogen-bond acceptors (Lipinski definition) is 3. The highest BCUT2D eigenvalue weighted by atomic mass is 35.5. The molecule has 136 valence electrons. The Morgan fingerprint density at radius 1 is 1.38 bits per heavy atom. The summed E-state index contributed by atoms with van der Waals surface area (Å²) in [5.74, 6) is 0.380. The zero-order valence-corrected chi connectivity index (χ0v) is 16.1. The number of nitrogens with two attached hydrogens (primary N) is 1. The van der Waals surface area contributed by atoms with E-state index in [2.05, 4.69) is 37.6 Å². The van der Waals surface area contributed by atoms with E-state index < -0.39 is 5.60 Å². The molecule has 0 saturated carbocycles. The molecule has 3 nitrogen and oxygen atoms in total. The van der Waals surface area contributed by atoms with Crippen LogP contribution in [0.15, 0.2) is 53.7 Å². The molecular weight excluding hydrogens is 320 g/mol. The average Bonchev–Trinajstić information content (AvgIpc) is 2.56. The number of ether oxygens (including phenoxy) is 1. The van der Waals surface area contributed by atoms with Crippen molar-refractivity contribution in [3.63, 3.8) is 0 Å². The van der Waals surface area contributed by atoms with E-state index in [0.717, 1.165) is 31.4 Å². The van der Waals surface area contributed by atoms with E-state index >= 15 is 0 Å². The SMILES string of the molecule is C=CC=N/C(=C\CCl)C(/C=C/CC)OC(/C=C/C)(CCC)CCN. The van der Waals surface area contributed by atoms with Crippen LogP contribution in [-0.4, -0.2) is 30.3 Å². The molecule has 2 atom stereocenters. The van der Waals surface area contributed by atoms with E-state index in [1.807, 2.05) is 25.2 Å². The summed E-state index contributed by atoms with van der Waals surface area (Å²) in [6.45, 7) is 10.5.